The Morgan fingerprint density at radius 3 is 2.73 bits per heavy atom. The second kappa shape index (κ2) is 3.74. The zero-order valence-corrected chi connectivity index (χ0v) is 6.71. The predicted molar refractivity (Wildman–Crippen MR) is 45.1 cm³/mol. The number of aliphatic hydroxyl groups excluding tert-OH is 1. The van der Waals surface area contributed by atoms with Crippen molar-refractivity contribution in [3.8, 4) is 0 Å². The van der Waals surface area contributed by atoms with Crippen molar-refractivity contribution < 1.29 is 5.11 Å². The molecule has 11 heavy (non-hydrogen) atoms. The van der Waals surface area contributed by atoms with Crippen molar-refractivity contribution in [2.24, 2.45) is 17.4 Å². The summed E-state index contributed by atoms with van der Waals surface area (Å²) in [6.45, 7) is 1.18. The van der Waals surface area contributed by atoms with Crippen molar-refractivity contribution in [2.45, 2.75) is 19.3 Å². The van der Waals surface area contributed by atoms with E-state index < -0.39 is 0 Å². The molecule has 3 heteroatoms. The Morgan fingerprint density at radius 1 is 1.45 bits per heavy atom. The molecule has 1 aliphatic rings. The molecule has 0 spiro atoms. The summed E-state index contributed by atoms with van der Waals surface area (Å²) in [7, 11) is 0. The maximum atomic E-state index is 9.34. The van der Waals surface area contributed by atoms with Gasteiger partial charge in [0.15, 0.2) is 0 Å². The fourth-order valence-electron chi connectivity index (χ4n) is 1.49. The monoisotopic (exact) mass is 156 g/mol. The van der Waals surface area contributed by atoms with E-state index in [9.17, 15) is 5.11 Å². The average molecular weight is 156 g/mol. The summed E-state index contributed by atoms with van der Waals surface area (Å²) in [5.74, 6) is 1.03. The lowest BCUT2D eigenvalue weighted by molar-refractivity contribution is 0.325. The van der Waals surface area contributed by atoms with Gasteiger partial charge in [-0.25, -0.2) is 0 Å². The van der Waals surface area contributed by atoms with Gasteiger partial charge >= 0.3 is 0 Å². The van der Waals surface area contributed by atoms with Gasteiger partial charge in [0.2, 0.25) is 0 Å². The molecule has 0 fully saturated rings. The molecule has 0 saturated heterocycles. The van der Waals surface area contributed by atoms with Gasteiger partial charge in [-0.1, -0.05) is 0 Å². The van der Waals surface area contributed by atoms with Gasteiger partial charge < -0.3 is 16.6 Å². The number of allylic oxidation sites excluding steroid dienone is 1. The minimum absolute atomic E-state index is 0.475. The fraction of sp³-hybridized carbons (Fsp3) is 0.750. The zero-order valence-electron chi connectivity index (χ0n) is 6.71. The first-order valence-electron chi connectivity index (χ1n) is 4.08. The van der Waals surface area contributed by atoms with Crippen LogP contribution in [-0.2, 0) is 0 Å². The summed E-state index contributed by atoms with van der Waals surface area (Å²) in [6, 6.07) is 0. The van der Waals surface area contributed by atoms with Gasteiger partial charge in [0, 0.05) is 13.0 Å². The molecular formula is C8H16N2O. The van der Waals surface area contributed by atoms with Gasteiger partial charge in [0.25, 0.3) is 0 Å². The van der Waals surface area contributed by atoms with E-state index in [1.54, 1.807) is 0 Å². The van der Waals surface area contributed by atoms with E-state index >= 15 is 0 Å². The van der Waals surface area contributed by atoms with Crippen LogP contribution < -0.4 is 11.5 Å². The third-order valence-corrected chi connectivity index (χ3v) is 2.31. The Kier molecular flexibility index (Phi) is 2.91. The number of hydrogen-bond donors (Lipinski definition) is 3. The lowest BCUT2D eigenvalue weighted by Crippen LogP contribution is -2.22. The van der Waals surface area contributed by atoms with E-state index in [1.807, 2.05) is 0 Å². The standard InChI is InChI=1S/C8H16N2O/c9-4-6-1-2-8(11)7(3-6)5-10/h6,11H,1-5,9-10H2. The van der Waals surface area contributed by atoms with Gasteiger partial charge in [-0.05, 0) is 30.9 Å². The molecule has 0 radical (unpaired) electrons. The second-order valence-corrected chi connectivity index (χ2v) is 3.10. The zero-order chi connectivity index (χ0) is 8.27. The Morgan fingerprint density at radius 2 is 2.18 bits per heavy atom. The molecule has 1 aliphatic carbocycles. The maximum absolute atomic E-state index is 9.34. The summed E-state index contributed by atoms with van der Waals surface area (Å²) in [5.41, 5.74) is 12.0. The van der Waals surface area contributed by atoms with E-state index in [0.717, 1.165) is 24.8 Å². The summed E-state index contributed by atoms with van der Waals surface area (Å²) < 4.78 is 0. The van der Waals surface area contributed by atoms with Crippen LogP contribution in [0.2, 0.25) is 0 Å². The minimum Gasteiger partial charge on any atom is -0.512 e. The molecule has 0 heterocycles. The molecular weight excluding hydrogens is 140 g/mol. The van der Waals surface area contributed by atoms with Crippen molar-refractivity contribution in [3.63, 3.8) is 0 Å². The van der Waals surface area contributed by atoms with Crippen molar-refractivity contribution in [1.82, 2.24) is 0 Å². The molecule has 5 N–H and O–H groups in total. The molecule has 0 amide bonds. The van der Waals surface area contributed by atoms with Crippen LogP contribution in [0.1, 0.15) is 19.3 Å². The minimum atomic E-state index is 0.475. The van der Waals surface area contributed by atoms with Crippen LogP contribution in [0.4, 0.5) is 0 Å². The Bertz CT molecular complexity index is 165. The largest absolute Gasteiger partial charge is 0.512 e. The Hall–Kier alpha value is -0.540. The normalized spacial score (nSPS) is 25.8. The number of nitrogens with two attached hydrogens (primary N) is 2. The van der Waals surface area contributed by atoms with Crippen molar-refractivity contribution >= 4 is 0 Å². The van der Waals surface area contributed by atoms with Gasteiger partial charge in [-0.2, -0.15) is 0 Å². The highest BCUT2D eigenvalue weighted by Crippen LogP contribution is 2.26. The van der Waals surface area contributed by atoms with E-state index in [2.05, 4.69) is 0 Å². The molecule has 3 nitrogen and oxygen atoms in total. The summed E-state index contributed by atoms with van der Waals surface area (Å²) in [6.07, 6.45) is 2.65. The highest BCUT2D eigenvalue weighted by atomic mass is 16.3. The van der Waals surface area contributed by atoms with Gasteiger partial charge in [-0.15, -0.1) is 0 Å². The number of rotatable bonds is 2. The third kappa shape index (κ3) is 1.94. The molecule has 1 rings (SSSR count). The quantitative estimate of drug-likeness (QED) is 0.545. The van der Waals surface area contributed by atoms with E-state index in [4.69, 9.17) is 11.5 Å². The van der Waals surface area contributed by atoms with Crippen LogP contribution in [0, 0.1) is 5.92 Å². The molecule has 0 bridgehead atoms. The second-order valence-electron chi connectivity index (χ2n) is 3.10. The van der Waals surface area contributed by atoms with Crippen molar-refractivity contribution in [2.75, 3.05) is 13.1 Å². The summed E-state index contributed by atoms with van der Waals surface area (Å²) in [5, 5.41) is 9.34. The summed E-state index contributed by atoms with van der Waals surface area (Å²) in [4.78, 5) is 0. The van der Waals surface area contributed by atoms with Crippen LogP contribution in [-0.4, -0.2) is 18.2 Å². The lowest BCUT2D eigenvalue weighted by atomic mass is 9.88. The first kappa shape index (κ1) is 8.56. The molecule has 0 aliphatic heterocycles. The first-order valence-corrected chi connectivity index (χ1v) is 4.08. The molecule has 0 saturated carbocycles. The number of hydrogen-bond acceptors (Lipinski definition) is 3. The highest BCUT2D eigenvalue weighted by Gasteiger charge is 2.18. The van der Waals surface area contributed by atoms with Crippen LogP contribution >= 0.6 is 0 Å². The topological polar surface area (TPSA) is 72.3 Å². The molecule has 1 atom stereocenters. The molecule has 0 aromatic heterocycles. The predicted octanol–water partition coefficient (Wildman–Crippen LogP) is 0.516. The molecule has 64 valence electrons. The molecule has 0 aromatic carbocycles. The fourth-order valence-corrected chi connectivity index (χ4v) is 1.49. The van der Waals surface area contributed by atoms with Crippen LogP contribution in [0.3, 0.4) is 0 Å². The molecule has 1 unspecified atom stereocenters. The molecule has 0 aromatic rings. The lowest BCUT2D eigenvalue weighted by Gasteiger charge is -2.22. The van der Waals surface area contributed by atoms with E-state index in [1.165, 1.54) is 0 Å². The Balaban J connectivity index is 2.58. The Labute approximate surface area is 67.1 Å². The smallest absolute Gasteiger partial charge is 0.0927 e. The van der Waals surface area contributed by atoms with Gasteiger partial charge in [-0.3, -0.25) is 0 Å². The van der Waals surface area contributed by atoms with Gasteiger partial charge in [0.05, 0.1) is 5.76 Å². The van der Waals surface area contributed by atoms with Crippen molar-refractivity contribution in [1.29, 1.82) is 0 Å². The highest BCUT2D eigenvalue weighted by molar-refractivity contribution is 5.13. The van der Waals surface area contributed by atoms with Crippen molar-refractivity contribution in [3.05, 3.63) is 11.3 Å². The van der Waals surface area contributed by atoms with Crippen LogP contribution in [0.25, 0.3) is 0 Å². The SMILES string of the molecule is NCC1=C(O)CCC(CN)C1. The van der Waals surface area contributed by atoms with Crippen LogP contribution in [0.15, 0.2) is 11.3 Å². The first-order chi connectivity index (χ1) is 5.27. The number of aliphatic hydroxyl groups is 1. The maximum Gasteiger partial charge on any atom is 0.0927 e. The third-order valence-electron chi connectivity index (χ3n) is 2.31. The summed E-state index contributed by atoms with van der Waals surface area (Å²) >= 11 is 0. The van der Waals surface area contributed by atoms with Gasteiger partial charge in [0.1, 0.15) is 0 Å². The van der Waals surface area contributed by atoms with E-state index in [0.29, 0.717) is 24.8 Å². The van der Waals surface area contributed by atoms with Crippen LogP contribution in [0.5, 0.6) is 0 Å². The van der Waals surface area contributed by atoms with E-state index in [-0.39, 0.29) is 0 Å². The average Bonchev–Trinajstić information content (AvgIpc) is 2.05.